The predicted molar refractivity (Wildman–Crippen MR) is 102 cm³/mol. The van der Waals surface area contributed by atoms with E-state index in [-0.39, 0.29) is 23.3 Å². The number of methoxy groups -OCH3 is 2. The van der Waals surface area contributed by atoms with E-state index in [1.165, 1.54) is 20.4 Å². The monoisotopic (exact) mass is 390 g/mol. The molecule has 0 aliphatic rings. The Labute approximate surface area is 161 Å². The molecule has 0 radical (unpaired) electrons. The Morgan fingerprint density at radius 3 is 2.63 bits per heavy atom. The first-order valence-corrected chi connectivity index (χ1v) is 8.30. The Hall–Kier alpha value is -3.06. The first kappa shape index (κ1) is 20.3. The van der Waals surface area contributed by atoms with Crippen LogP contribution in [-0.4, -0.2) is 38.9 Å². The lowest BCUT2D eigenvalue weighted by molar-refractivity contribution is -0.142. The molecule has 2 aromatic rings. The van der Waals surface area contributed by atoms with Gasteiger partial charge in [-0.15, -0.1) is 0 Å². The molecule has 0 saturated heterocycles. The molecule has 0 bridgehead atoms. The number of hydrazone groups is 1. The molecule has 0 unspecified atom stereocenters. The van der Waals surface area contributed by atoms with Gasteiger partial charge in [-0.25, -0.2) is 10.2 Å². The summed E-state index contributed by atoms with van der Waals surface area (Å²) in [6.07, 6.45) is 1.43. The van der Waals surface area contributed by atoms with Crippen molar-refractivity contribution in [2.45, 2.75) is 6.92 Å². The van der Waals surface area contributed by atoms with Crippen molar-refractivity contribution in [2.24, 2.45) is 5.10 Å². The van der Waals surface area contributed by atoms with E-state index in [9.17, 15) is 9.59 Å². The molecule has 0 saturated carbocycles. The van der Waals surface area contributed by atoms with Gasteiger partial charge < -0.3 is 14.2 Å². The van der Waals surface area contributed by atoms with Crippen LogP contribution in [0.1, 0.15) is 21.5 Å². The van der Waals surface area contributed by atoms with Gasteiger partial charge in [0.25, 0.3) is 5.91 Å². The predicted octanol–water partition coefficient (Wildman–Crippen LogP) is 2.97. The summed E-state index contributed by atoms with van der Waals surface area (Å²) in [4.78, 5) is 23.4. The topological polar surface area (TPSA) is 86.2 Å². The maximum atomic E-state index is 12.1. The van der Waals surface area contributed by atoms with Crippen LogP contribution in [0.5, 0.6) is 11.5 Å². The van der Waals surface area contributed by atoms with E-state index in [1.54, 1.807) is 24.3 Å². The van der Waals surface area contributed by atoms with Crippen molar-refractivity contribution in [3.63, 3.8) is 0 Å². The van der Waals surface area contributed by atoms with Gasteiger partial charge in [0.15, 0.2) is 18.1 Å². The molecule has 0 atom stereocenters. The maximum Gasteiger partial charge on any atom is 0.343 e. The molecule has 0 aliphatic carbocycles. The van der Waals surface area contributed by atoms with Gasteiger partial charge in [0.05, 0.1) is 25.5 Å². The second-order valence-electron chi connectivity index (χ2n) is 5.41. The van der Waals surface area contributed by atoms with E-state index in [0.717, 1.165) is 5.56 Å². The molecule has 2 aromatic carbocycles. The van der Waals surface area contributed by atoms with Crippen LogP contribution in [-0.2, 0) is 9.53 Å². The number of hydrogen-bond acceptors (Lipinski definition) is 6. The smallest absolute Gasteiger partial charge is 0.343 e. The number of amides is 1. The number of rotatable bonds is 7. The fraction of sp³-hybridized carbons (Fsp3) is 0.211. The third-order valence-electron chi connectivity index (χ3n) is 3.58. The minimum absolute atomic E-state index is 0.214. The number of aryl methyl sites for hydroxylation is 1. The maximum absolute atomic E-state index is 12.1. The van der Waals surface area contributed by atoms with Gasteiger partial charge in [-0.3, -0.25) is 4.79 Å². The average Bonchev–Trinajstić information content (AvgIpc) is 2.66. The first-order valence-electron chi connectivity index (χ1n) is 7.92. The third kappa shape index (κ3) is 5.46. The van der Waals surface area contributed by atoms with Crippen LogP contribution in [0.25, 0.3) is 0 Å². The summed E-state index contributed by atoms with van der Waals surface area (Å²) in [5.74, 6) is -0.332. The van der Waals surface area contributed by atoms with Crippen molar-refractivity contribution in [1.82, 2.24) is 5.43 Å². The molecule has 1 amide bonds. The van der Waals surface area contributed by atoms with Gasteiger partial charge in [-0.1, -0.05) is 29.8 Å². The summed E-state index contributed by atoms with van der Waals surface area (Å²) >= 11 is 6.19. The Morgan fingerprint density at radius 2 is 1.96 bits per heavy atom. The second-order valence-corrected chi connectivity index (χ2v) is 5.82. The van der Waals surface area contributed by atoms with Crippen LogP contribution in [0.2, 0.25) is 5.02 Å². The summed E-state index contributed by atoms with van der Waals surface area (Å²) in [5, 5.41) is 4.17. The van der Waals surface area contributed by atoms with Crippen molar-refractivity contribution in [1.29, 1.82) is 0 Å². The zero-order chi connectivity index (χ0) is 19.8. The Balaban J connectivity index is 2.11. The zero-order valence-corrected chi connectivity index (χ0v) is 15.9. The van der Waals surface area contributed by atoms with E-state index in [2.05, 4.69) is 15.3 Å². The van der Waals surface area contributed by atoms with Gasteiger partial charge in [0.2, 0.25) is 0 Å². The fourth-order valence-corrected chi connectivity index (χ4v) is 2.47. The number of carbonyl (C=O) groups excluding carboxylic acids is 2. The number of carbonyl (C=O) groups is 2. The summed E-state index contributed by atoms with van der Waals surface area (Å²) in [6, 6.07) is 10.4. The Bertz CT molecular complexity index is 867. The third-order valence-corrected chi connectivity index (χ3v) is 3.86. The molecule has 2 rings (SSSR count). The standard InChI is InChI=1S/C19H19ClN2O5/c1-12-6-4-5-7-14(12)19(24)22-21-10-13-8-15(20)18(16(9-13)25-2)27-11-17(23)26-3/h4-10H,11H2,1-3H3,(H,22,24)/b21-10-. The minimum atomic E-state index is -0.544. The van der Waals surface area contributed by atoms with Crippen LogP contribution in [0.15, 0.2) is 41.5 Å². The number of nitrogens with one attached hydrogen (secondary N) is 1. The number of esters is 1. The van der Waals surface area contributed by atoms with Gasteiger partial charge in [0.1, 0.15) is 0 Å². The van der Waals surface area contributed by atoms with Gasteiger partial charge >= 0.3 is 5.97 Å². The number of nitrogens with zero attached hydrogens (tertiary/aromatic N) is 1. The fourth-order valence-electron chi connectivity index (χ4n) is 2.20. The van der Waals surface area contributed by atoms with Crippen molar-refractivity contribution in [3.05, 3.63) is 58.1 Å². The summed E-state index contributed by atoms with van der Waals surface area (Å²) in [6.45, 7) is 1.54. The van der Waals surface area contributed by atoms with Gasteiger partial charge in [-0.2, -0.15) is 5.10 Å². The SMILES string of the molecule is COC(=O)COc1c(Cl)cc(/C=N\NC(=O)c2ccccc2C)cc1OC. The molecule has 0 spiro atoms. The number of halogens is 1. The van der Waals surface area contributed by atoms with E-state index in [1.807, 2.05) is 19.1 Å². The quantitative estimate of drug-likeness (QED) is 0.446. The van der Waals surface area contributed by atoms with Crippen LogP contribution < -0.4 is 14.9 Å². The Kier molecular flexibility index (Phi) is 7.19. The summed E-state index contributed by atoms with van der Waals surface area (Å²) < 4.78 is 15.1. The van der Waals surface area contributed by atoms with Crippen molar-refractivity contribution >= 4 is 29.7 Å². The van der Waals surface area contributed by atoms with E-state index >= 15 is 0 Å². The van der Waals surface area contributed by atoms with Gasteiger partial charge in [-0.05, 0) is 36.2 Å². The highest BCUT2D eigenvalue weighted by Crippen LogP contribution is 2.36. The van der Waals surface area contributed by atoms with Crippen LogP contribution in [0, 0.1) is 6.92 Å². The highest BCUT2D eigenvalue weighted by atomic mass is 35.5. The summed E-state index contributed by atoms with van der Waals surface area (Å²) in [5.41, 5.74) is 4.43. The van der Waals surface area contributed by atoms with Crippen LogP contribution >= 0.6 is 11.6 Å². The normalized spacial score (nSPS) is 10.5. The molecular formula is C19H19ClN2O5. The van der Waals surface area contributed by atoms with Crippen LogP contribution in [0.3, 0.4) is 0 Å². The summed E-state index contributed by atoms with van der Waals surface area (Å²) in [7, 11) is 2.70. The van der Waals surface area contributed by atoms with E-state index in [0.29, 0.717) is 16.9 Å². The Morgan fingerprint density at radius 1 is 1.22 bits per heavy atom. The lowest BCUT2D eigenvalue weighted by Crippen LogP contribution is -2.18. The highest BCUT2D eigenvalue weighted by Gasteiger charge is 2.14. The second kappa shape index (κ2) is 9.59. The highest BCUT2D eigenvalue weighted by molar-refractivity contribution is 6.32. The van der Waals surface area contributed by atoms with Crippen molar-refractivity contribution < 1.29 is 23.8 Å². The van der Waals surface area contributed by atoms with Crippen LogP contribution in [0.4, 0.5) is 0 Å². The molecule has 0 heterocycles. The lowest BCUT2D eigenvalue weighted by Gasteiger charge is -2.12. The first-order chi connectivity index (χ1) is 13.0. The largest absolute Gasteiger partial charge is 0.493 e. The number of ether oxygens (including phenoxy) is 3. The zero-order valence-electron chi connectivity index (χ0n) is 15.1. The van der Waals surface area contributed by atoms with Crippen molar-refractivity contribution in [3.8, 4) is 11.5 Å². The lowest BCUT2D eigenvalue weighted by atomic mass is 10.1. The molecule has 142 valence electrons. The van der Waals surface area contributed by atoms with Gasteiger partial charge in [0, 0.05) is 5.56 Å². The van der Waals surface area contributed by atoms with E-state index in [4.69, 9.17) is 21.1 Å². The molecule has 0 aliphatic heterocycles. The molecular weight excluding hydrogens is 372 g/mol. The van der Waals surface area contributed by atoms with Crippen molar-refractivity contribution in [2.75, 3.05) is 20.8 Å². The molecule has 0 aromatic heterocycles. The molecule has 1 N–H and O–H groups in total. The van der Waals surface area contributed by atoms with E-state index < -0.39 is 5.97 Å². The molecule has 7 nitrogen and oxygen atoms in total. The number of hydrogen-bond donors (Lipinski definition) is 1. The molecule has 0 fully saturated rings. The minimum Gasteiger partial charge on any atom is -0.493 e. The molecule has 8 heteroatoms. The molecule has 27 heavy (non-hydrogen) atoms. The average molecular weight is 391 g/mol. The number of benzene rings is 2.